The highest BCUT2D eigenvalue weighted by Gasteiger charge is 2.37. The molecule has 0 aromatic heterocycles. The van der Waals surface area contributed by atoms with Crippen molar-refractivity contribution in [2.45, 2.75) is 38.7 Å². The highest BCUT2D eigenvalue weighted by molar-refractivity contribution is 9.10. The molecule has 3 aliphatic rings. The predicted octanol–water partition coefficient (Wildman–Crippen LogP) is 6.24. The first-order valence-electron chi connectivity index (χ1n) is 11.6. The van der Waals surface area contributed by atoms with Crippen LogP contribution in [0.25, 0.3) is 6.08 Å². The molecule has 0 unspecified atom stereocenters. The fourth-order valence-corrected chi connectivity index (χ4v) is 5.65. The molecule has 0 atom stereocenters. The van der Waals surface area contributed by atoms with Gasteiger partial charge < -0.3 is 9.47 Å². The van der Waals surface area contributed by atoms with E-state index < -0.39 is 5.91 Å². The van der Waals surface area contributed by atoms with Crippen molar-refractivity contribution in [1.82, 2.24) is 5.01 Å². The van der Waals surface area contributed by atoms with Crippen LogP contribution in [0.3, 0.4) is 0 Å². The van der Waals surface area contributed by atoms with Gasteiger partial charge in [0.15, 0.2) is 17.3 Å². The zero-order valence-corrected chi connectivity index (χ0v) is 21.7. The number of carbonyl (C=O) groups excluding carboxylic acids is 1. The first kappa shape index (κ1) is 23.8. The lowest BCUT2D eigenvalue weighted by Gasteiger charge is -2.20. The van der Waals surface area contributed by atoms with Gasteiger partial charge in [0.2, 0.25) is 5.17 Å². The van der Waals surface area contributed by atoms with Crippen molar-refractivity contribution in [2.24, 2.45) is 16.0 Å². The number of nitrogens with zero attached hydrogens (tertiary/aromatic N) is 3. The molecule has 1 amide bonds. The second-order valence-corrected chi connectivity index (χ2v) is 10.5. The summed E-state index contributed by atoms with van der Waals surface area (Å²) >= 11 is 4.86. The van der Waals surface area contributed by atoms with E-state index in [2.05, 4.69) is 26.0 Å². The number of carbonyl (C=O) groups is 1. The smallest absolute Gasteiger partial charge is 0.283 e. The Morgan fingerprint density at radius 2 is 1.91 bits per heavy atom. The summed E-state index contributed by atoms with van der Waals surface area (Å²) in [4.78, 5) is 17.0. The Morgan fingerprint density at radius 1 is 1.14 bits per heavy atom. The number of benzene rings is 2. The number of ether oxygens (including phenoxy) is 2. The quantitative estimate of drug-likeness (QED) is 0.428. The highest BCUT2D eigenvalue weighted by Crippen LogP contribution is 2.36. The van der Waals surface area contributed by atoms with Crippen LogP contribution in [0.4, 0.5) is 0 Å². The number of nitrogens with one attached hydrogen (secondary N) is 1. The molecular weight excluding hydrogens is 528 g/mol. The van der Waals surface area contributed by atoms with Gasteiger partial charge in [0.05, 0.1) is 12.7 Å². The largest absolute Gasteiger partial charge is 0.493 e. The van der Waals surface area contributed by atoms with Crippen LogP contribution in [0, 0.1) is 11.3 Å². The number of hydrogen-bond acceptors (Lipinski definition) is 6. The van der Waals surface area contributed by atoms with Crippen LogP contribution >= 0.6 is 27.7 Å². The van der Waals surface area contributed by atoms with Crippen LogP contribution in [-0.4, -0.2) is 34.1 Å². The van der Waals surface area contributed by atoms with Gasteiger partial charge in [0.1, 0.15) is 11.7 Å². The molecule has 35 heavy (non-hydrogen) atoms. The number of halogens is 1. The van der Waals surface area contributed by atoms with Crippen LogP contribution in [0.1, 0.15) is 43.2 Å². The molecule has 180 valence electrons. The molecule has 1 aliphatic carbocycles. The van der Waals surface area contributed by atoms with Gasteiger partial charge in [-0.25, -0.2) is 0 Å². The molecule has 9 heteroatoms. The Balaban J connectivity index is 1.34. The third-order valence-corrected chi connectivity index (χ3v) is 7.83. The maximum absolute atomic E-state index is 12.8. The van der Waals surface area contributed by atoms with Crippen molar-refractivity contribution in [3.8, 4) is 11.5 Å². The number of methoxy groups -OCH3 is 1. The monoisotopic (exact) mass is 552 g/mol. The molecule has 0 saturated heterocycles. The van der Waals surface area contributed by atoms with Gasteiger partial charge in [-0.2, -0.15) is 15.1 Å². The Labute approximate surface area is 216 Å². The van der Waals surface area contributed by atoms with Crippen molar-refractivity contribution < 1.29 is 14.3 Å². The minimum absolute atomic E-state index is 0.0489. The van der Waals surface area contributed by atoms with Crippen molar-refractivity contribution in [3.05, 3.63) is 63.6 Å². The second kappa shape index (κ2) is 10.4. The number of hydrazone groups is 1. The summed E-state index contributed by atoms with van der Waals surface area (Å²) < 4.78 is 12.5. The lowest BCUT2D eigenvalue weighted by atomic mass is 9.90. The summed E-state index contributed by atoms with van der Waals surface area (Å²) in [5, 5.41) is 16.3. The molecule has 7 nitrogen and oxygen atoms in total. The Kier molecular flexibility index (Phi) is 7.06. The number of amidine groups is 2. The Hall–Kier alpha value is -2.91. The molecule has 1 fully saturated rings. The van der Waals surface area contributed by atoms with Crippen molar-refractivity contribution in [1.29, 1.82) is 5.41 Å². The highest BCUT2D eigenvalue weighted by atomic mass is 79.9. The van der Waals surface area contributed by atoms with Gasteiger partial charge in [0.25, 0.3) is 5.91 Å². The maximum atomic E-state index is 12.8. The second-order valence-electron chi connectivity index (χ2n) is 8.62. The average molecular weight is 553 g/mol. The first-order chi connectivity index (χ1) is 17.0. The zero-order chi connectivity index (χ0) is 24.4. The van der Waals surface area contributed by atoms with E-state index in [1.807, 2.05) is 30.3 Å². The molecule has 1 N–H and O–H groups in total. The van der Waals surface area contributed by atoms with Crippen LogP contribution in [0.15, 0.2) is 62.6 Å². The third-order valence-electron chi connectivity index (χ3n) is 6.23. The number of fused-ring (bicyclic) bond motifs is 1. The summed E-state index contributed by atoms with van der Waals surface area (Å²) in [6.45, 7) is 0.401. The Morgan fingerprint density at radius 3 is 2.66 bits per heavy atom. The molecule has 2 aromatic rings. The normalized spacial score (nSPS) is 19.5. The standard InChI is InChI=1S/C26H25BrN4O3S/c1-33-22-14-17(9-12-21(22)34-15-16-7-10-19(27)11-8-16)13-20-23(28)31-26(29-24(20)32)35-25(30-31)18-5-3-2-4-6-18/h7-14,18,28H,2-6,15H2,1H3/b20-13+,28-23?. The lowest BCUT2D eigenvalue weighted by molar-refractivity contribution is -0.114. The zero-order valence-electron chi connectivity index (χ0n) is 19.3. The van der Waals surface area contributed by atoms with Gasteiger partial charge in [-0.3, -0.25) is 10.2 Å². The van der Waals surface area contributed by atoms with E-state index in [1.165, 1.54) is 36.0 Å². The fourth-order valence-electron chi connectivity index (χ4n) is 4.32. The minimum atomic E-state index is -0.427. The topological polar surface area (TPSA) is 87.3 Å². The lowest BCUT2D eigenvalue weighted by Crippen LogP contribution is -2.35. The fraction of sp³-hybridized carbons (Fsp3) is 0.308. The molecule has 0 radical (unpaired) electrons. The van der Waals surface area contributed by atoms with Crippen LogP contribution < -0.4 is 9.47 Å². The van der Waals surface area contributed by atoms with Gasteiger partial charge in [-0.15, -0.1) is 0 Å². The van der Waals surface area contributed by atoms with E-state index in [0.717, 1.165) is 27.9 Å². The van der Waals surface area contributed by atoms with E-state index in [9.17, 15) is 4.79 Å². The van der Waals surface area contributed by atoms with Crippen molar-refractivity contribution in [2.75, 3.05) is 7.11 Å². The van der Waals surface area contributed by atoms with E-state index in [1.54, 1.807) is 25.3 Å². The predicted molar refractivity (Wildman–Crippen MR) is 143 cm³/mol. The number of hydrogen-bond donors (Lipinski definition) is 1. The molecular formula is C26H25BrN4O3S. The number of rotatable bonds is 6. The first-order valence-corrected chi connectivity index (χ1v) is 13.2. The van der Waals surface area contributed by atoms with Gasteiger partial charge in [-0.05, 0) is 66.1 Å². The van der Waals surface area contributed by atoms with Gasteiger partial charge in [-0.1, -0.05) is 53.4 Å². The van der Waals surface area contributed by atoms with Crippen LogP contribution in [0.2, 0.25) is 0 Å². The van der Waals surface area contributed by atoms with Gasteiger partial charge in [0, 0.05) is 10.4 Å². The molecule has 2 aromatic carbocycles. The minimum Gasteiger partial charge on any atom is -0.493 e. The molecule has 2 aliphatic heterocycles. The van der Waals surface area contributed by atoms with E-state index >= 15 is 0 Å². The summed E-state index contributed by atoms with van der Waals surface area (Å²) in [5.41, 5.74) is 1.95. The Bertz CT molecular complexity index is 1250. The molecule has 0 bridgehead atoms. The van der Waals surface area contributed by atoms with Gasteiger partial charge >= 0.3 is 0 Å². The average Bonchev–Trinajstić information content (AvgIpc) is 3.31. The molecule has 0 spiro atoms. The SMILES string of the molecule is COc1cc(/C=C2\C(=N)N3N=C(C4CCCCC4)SC3=NC2=O)ccc1OCc1ccc(Br)cc1. The van der Waals surface area contributed by atoms with E-state index in [-0.39, 0.29) is 11.4 Å². The number of thioether (sulfide) groups is 1. The van der Waals surface area contributed by atoms with Crippen molar-refractivity contribution in [3.63, 3.8) is 0 Å². The summed E-state index contributed by atoms with van der Waals surface area (Å²) in [6, 6.07) is 13.3. The van der Waals surface area contributed by atoms with Crippen molar-refractivity contribution >= 4 is 55.7 Å². The van der Waals surface area contributed by atoms with E-state index in [4.69, 9.17) is 14.9 Å². The van der Waals surface area contributed by atoms with E-state index in [0.29, 0.717) is 34.8 Å². The summed E-state index contributed by atoms with van der Waals surface area (Å²) in [6.07, 6.45) is 7.52. The molecule has 5 rings (SSSR count). The number of aliphatic imine (C=N–C) groups is 1. The number of amides is 1. The summed E-state index contributed by atoms with van der Waals surface area (Å²) in [7, 11) is 1.58. The summed E-state index contributed by atoms with van der Waals surface area (Å²) in [5.74, 6) is 1.16. The molecule has 1 saturated carbocycles. The maximum Gasteiger partial charge on any atom is 0.283 e. The van der Waals surface area contributed by atoms with Crippen LogP contribution in [-0.2, 0) is 11.4 Å². The third kappa shape index (κ3) is 5.21. The van der Waals surface area contributed by atoms with Crippen LogP contribution in [0.5, 0.6) is 11.5 Å². The molecule has 2 heterocycles.